The molecule has 1 heterocycles. The van der Waals surface area contributed by atoms with Crippen molar-refractivity contribution in [3.63, 3.8) is 0 Å². The van der Waals surface area contributed by atoms with Gasteiger partial charge in [0.15, 0.2) is 11.5 Å². The highest BCUT2D eigenvalue weighted by atomic mass is 16.5. The van der Waals surface area contributed by atoms with Crippen LogP contribution in [0.4, 0.5) is 0 Å². The van der Waals surface area contributed by atoms with Gasteiger partial charge >= 0.3 is 0 Å². The van der Waals surface area contributed by atoms with Crippen molar-refractivity contribution in [2.75, 3.05) is 20.8 Å². The van der Waals surface area contributed by atoms with E-state index in [0.29, 0.717) is 13.0 Å². The fourth-order valence-electron chi connectivity index (χ4n) is 3.08. The predicted octanol–water partition coefficient (Wildman–Crippen LogP) is 4.65. The molecule has 27 heavy (non-hydrogen) atoms. The number of unbranched alkanes of at least 4 members (excludes halogenated alkanes) is 1. The van der Waals surface area contributed by atoms with E-state index in [2.05, 4.69) is 17.1 Å². The molecule has 0 N–H and O–H groups in total. The number of hydrogen-bond donors (Lipinski definition) is 0. The van der Waals surface area contributed by atoms with Crippen molar-refractivity contribution in [3.8, 4) is 17.2 Å². The number of ether oxygens (including phenoxy) is 3. The molecule has 0 saturated heterocycles. The van der Waals surface area contributed by atoms with Crippen molar-refractivity contribution in [1.82, 2.24) is 0 Å². The smallest absolute Gasteiger partial charge is 0.165 e. The van der Waals surface area contributed by atoms with Crippen LogP contribution in [-0.2, 0) is 6.42 Å². The SMILES string of the molecule is CCCCOc1c(OC)ccc2c1CC(C)=NN=C2c1ccc(OC)cc1. The maximum Gasteiger partial charge on any atom is 0.165 e. The van der Waals surface area contributed by atoms with E-state index in [1.165, 1.54) is 0 Å². The van der Waals surface area contributed by atoms with Crippen LogP contribution < -0.4 is 14.2 Å². The summed E-state index contributed by atoms with van der Waals surface area (Å²) >= 11 is 0. The molecule has 5 heteroatoms. The summed E-state index contributed by atoms with van der Waals surface area (Å²) < 4.78 is 17.0. The van der Waals surface area contributed by atoms with E-state index in [1.807, 2.05) is 43.3 Å². The molecule has 0 amide bonds. The zero-order chi connectivity index (χ0) is 19.2. The van der Waals surface area contributed by atoms with Crippen LogP contribution in [0.2, 0.25) is 0 Å². The number of fused-ring (bicyclic) bond motifs is 1. The van der Waals surface area contributed by atoms with Gasteiger partial charge in [-0.2, -0.15) is 5.10 Å². The molecule has 0 aliphatic carbocycles. The zero-order valence-electron chi connectivity index (χ0n) is 16.4. The third-order valence-electron chi connectivity index (χ3n) is 4.56. The Bertz CT molecular complexity index is 855. The summed E-state index contributed by atoms with van der Waals surface area (Å²) in [7, 11) is 3.33. The Morgan fingerprint density at radius 1 is 0.963 bits per heavy atom. The van der Waals surface area contributed by atoms with E-state index < -0.39 is 0 Å². The molecule has 5 nitrogen and oxygen atoms in total. The van der Waals surface area contributed by atoms with E-state index in [0.717, 1.165) is 58.2 Å². The van der Waals surface area contributed by atoms with Crippen LogP contribution in [0.1, 0.15) is 43.4 Å². The molecular weight excluding hydrogens is 340 g/mol. The van der Waals surface area contributed by atoms with E-state index in [9.17, 15) is 0 Å². The van der Waals surface area contributed by atoms with Gasteiger partial charge < -0.3 is 14.2 Å². The molecule has 0 atom stereocenters. The molecule has 0 saturated carbocycles. The summed E-state index contributed by atoms with van der Waals surface area (Å²) in [6.07, 6.45) is 2.76. The lowest BCUT2D eigenvalue weighted by atomic mass is 9.94. The normalized spacial score (nSPS) is 13.2. The summed E-state index contributed by atoms with van der Waals surface area (Å²) in [5.74, 6) is 2.35. The van der Waals surface area contributed by atoms with E-state index in [1.54, 1.807) is 14.2 Å². The van der Waals surface area contributed by atoms with Crippen LogP contribution in [0.25, 0.3) is 0 Å². The second kappa shape index (κ2) is 8.71. The summed E-state index contributed by atoms with van der Waals surface area (Å²) in [5.41, 5.74) is 4.84. The predicted molar refractivity (Wildman–Crippen MR) is 109 cm³/mol. The maximum atomic E-state index is 6.14. The monoisotopic (exact) mass is 366 g/mol. The summed E-state index contributed by atoms with van der Waals surface area (Å²) in [4.78, 5) is 0. The number of benzene rings is 2. The summed E-state index contributed by atoms with van der Waals surface area (Å²) in [5, 5.41) is 8.94. The van der Waals surface area contributed by atoms with Gasteiger partial charge in [0.05, 0.1) is 20.8 Å². The molecule has 0 bridgehead atoms. The molecule has 0 spiro atoms. The second-order valence-electron chi connectivity index (χ2n) is 6.51. The number of methoxy groups -OCH3 is 2. The minimum absolute atomic E-state index is 0.661. The first-order chi connectivity index (χ1) is 13.2. The fraction of sp³-hybridized carbons (Fsp3) is 0.364. The summed E-state index contributed by atoms with van der Waals surface area (Å²) in [6, 6.07) is 11.8. The zero-order valence-corrected chi connectivity index (χ0v) is 16.4. The Labute approximate surface area is 160 Å². The first-order valence-electron chi connectivity index (χ1n) is 9.26. The molecular formula is C22H26N2O3. The van der Waals surface area contributed by atoms with Crippen molar-refractivity contribution in [2.45, 2.75) is 33.1 Å². The quantitative estimate of drug-likeness (QED) is 0.670. The van der Waals surface area contributed by atoms with Gasteiger partial charge in [-0.15, -0.1) is 5.10 Å². The third-order valence-corrected chi connectivity index (χ3v) is 4.56. The Balaban J connectivity index is 2.10. The molecule has 0 unspecified atom stereocenters. The molecule has 2 aromatic carbocycles. The highest BCUT2D eigenvalue weighted by molar-refractivity contribution is 6.15. The molecule has 0 aromatic heterocycles. The Morgan fingerprint density at radius 2 is 1.74 bits per heavy atom. The van der Waals surface area contributed by atoms with Crippen molar-refractivity contribution < 1.29 is 14.2 Å². The molecule has 142 valence electrons. The third kappa shape index (κ3) is 4.13. The molecule has 3 rings (SSSR count). The van der Waals surface area contributed by atoms with Gasteiger partial charge in [0.1, 0.15) is 11.5 Å². The average molecular weight is 366 g/mol. The average Bonchev–Trinajstić information content (AvgIpc) is 2.87. The molecule has 0 radical (unpaired) electrons. The van der Waals surface area contributed by atoms with Crippen LogP contribution >= 0.6 is 0 Å². The number of rotatable bonds is 7. The lowest BCUT2D eigenvalue weighted by Crippen LogP contribution is -2.11. The van der Waals surface area contributed by atoms with Gasteiger partial charge in [-0.05, 0) is 49.7 Å². The first kappa shape index (κ1) is 19.0. The minimum Gasteiger partial charge on any atom is -0.497 e. The minimum atomic E-state index is 0.661. The first-order valence-corrected chi connectivity index (χ1v) is 9.26. The van der Waals surface area contributed by atoms with Crippen molar-refractivity contribution in [1.29, 1.82) is 0 Å². The van der Waals surface area contributed by atoms with Gasteiger partial charge in [-0.1, -0.05) is 13.3 Å². The van der Waals surface area contributed by atoms with Crippen molar-refractivity contribution >= 4 is 11.4 Å². The van der Waals surface area contributed by atoms with Crippen molar-refractivity contribution in [3.05, 3.63) is 53.1 Å². The highest BCUT2D eigenvalue weighted by Gasteiger charge is 2.22. The van der Waals surface area contributed by atoms with Crippen LogP contribution in [0.15, 0.2) is 46.6 Å². The lowest BCUT2D eigenvalue weighted by molar-refractivity contribution is 0.286. The van der Waals surface area contributed by atoms with Crippen molar-refractivity contribution in [2.24, 2.45) is 10.2 Å². The molecule has 0 fully saturated rings. The topological polar surface area (TPSA) is 52.4 Å². The van der Waals surface area contributed by atoms with Gasteiger partial charge in [0, 0.05) is 28.8 Å². The molecule has 1 aliphatic rings. The summed E-state index contributed by atoms with van der Waals surface area (Å²) in [6.45, 7) is 4.80. The second-order valence-corrected chi connectivity index (χ2v) is 6.51. The van der Waals surface area contributed by atoms with Crippen LogP contribution in [0.3, 0.4) is 0 Å². The van der Waals surface area contributed by atoms with E-state index in [4.69, 9.17) is 14.2 Å². The molecule has 2 aromatic rings. The fourth-order valence-corrected chi connectivity index (χ4v) is 3.08. The Kier molecular flexibility index (Phi) is 6.12. The van der Waals surface area contributed by atoms with Gasteiger partial charge in [0.25, 0.3) is 0 Å². The standard InChI is InChI=1S/C22H26N2O3/c1-5-6-13-27-22-19-14-15(2)23-24-21(18(19)11-12-20(22)26-4)16-7-9-17(25-3)10-8-16/h7-12H,5-6,13-14H2,1-4H3. The van der Waals surface area contributed by atoms with Gasteiger partial charge in [-0.3, -0.25) is 0 Å². The van der Waals surface area contributed by atoms with E-state index >= 15 is 0 Å². The lowest BCUT2D eigenvalue weighted by Gasteiger charge is -2.18. The van der Waals surface area contributed by atoms with Crippen LogP contribution in [-0.4, -0.2) is 32.2 Å². The van der Waals surface area contributed by atoms with Crippen LogP contribution in [0.5, 0.6) is 17.2 Å². The van der Waals surface area contributed by atoms with Crippen LogP contribution in [0, 0.1) is 0 Å². The largest absolute Gasteiger partial charge is 0.497 e. The van der Waals surface area contributed by atoms with Gasteiger partial charge in [-0.25, -0.2) is 0 Å². The van der Waals surface area contributed by atoms with E-state index in [-0.39, 0.29) is 0 Å². The highest BCUT2D eigenvalue weighted by Crippen LogP contribution is 2.36. The number of hydrogen-bond acceptors (Lipinski definition) is 5. The Morgan fingerprint density at radius 3 is 2.41 bits per heavy atom. The maximum absolute atomic E-state index is 6.14. The Hall–Kier alpha value is -2.82. The molecule has 1 aliphatic heterocycles. The van der Waals surface area contributed by atoms with Gasteiger partial charge in [0.2, 0.25) is 0 Å². The number of nitrogens with zero attached hydrogens (tertiary/aromatic N) is 2.